The lowest BCUT2D eigenvalue weighted by molar-refractivity contribution is 0.142. The largest absolute Gasteiger partial charge is 0.489 e. The van der Waals surface area contributed by atoms with Gasteiger partial charge in [0.2, 0.25) is 0 Å². The Balaban J connectivity index is 2.09. The van der Waals surface area contributed by atoms with E-state index >= 15 is 0 Å². The van der Waals surface area contributed by atoms with Crippen LogP contribution < -0.4 is 9.64 Å². The molecule has 1 heterocycles. The lowest BCUT2D eigenvalue weighted by Crippen LogP contribution is -2.48. The highest BCUT2D eigenvalue weighted by atomic mass is 32.2. The Labute approximate surface area is 135 Å². The Kier molecular flexibility index (Phi) is 5.75. The van der Waals surface area contributed by atoms with Gasteiger partial charge in [-0.05, 0) is 0 Å². The van der Waals surface area contributed by atoms with Crippen LogP contribution in [0.1, 0.15) is 0 Å². The van der Waals surface area contributed by atoms with Gasteiger partial charge in [-0.15, -0.1) is 0 Å². The first-order valence-electron chi connectivity index (χ1n) is 7.03. The summed E-state index contributed by atoms with van der Waals surface area (Å²) in [5.74, 6) is -1.40. The standard InChI is InChI=1S/C14H18F2N2O4S/c1-23(21)7-6-22-13-9-12(10(15)8-11(13)16)17-2-4-18(5-3-17)14(19)20/h8-9H,2-7H2,1H3,(H,19,20)/t23-/m0/s1. The summed E-state index contributed by atoms with van der Waals surface area (Å²) in [4.78, 5) is 13.8. The highest BCUT2D eigenvalue weighted by molar-refractivity contribution is 7.84. The van der Waals surface area contributed by atoms with Gasteiger partial charge < -0.3 is 19.6 Å². The lowest BCUT2D eigenvalue weighted by atomic mass is 10.2. The van der Waals surface area contributed by atoms with E-state index in [9.17, 15) is 17.8 Å². The molecular formula is C14H18F2N2O4S. The van der Waals surface area contributed by atoms with Crippen LogP contribution in [0.25, 0.3) is 0 Å². The second kappa shape index (κ2) is 7.58. The molecular weight excluding hydrogens is 330 g/mol. The molecule has 0 unspecified atom stereocenters. The van der Waals surface area contributed by atoms with E-state index in [2.05, 4.69) is 0 Å². The van der Waals surface area contributed by atoms with Gasteiger partial charge in [0, 0.05) is 55.4 Å². The number of amides is 1. The van der Waals surface area contributed by atoms with E-state index in [0.717, 1.165) is 6.07 Å². The van der Waals surface area contributed by atoms with Crippen molar-refractivity contribution in [2.45, 2.75) is 0 Å². The summed E-state index contributed by atoms with van der Waals surface area (Å²) in [5.41, 5.74) is 0.170. The number of carbonyl (C=O) groups is 1. The van der Waals surface area contributed by atoms with Crippen molar-refractivity contribution in [3.63, 3.8) is 0 Å². The van der Waals surface area contributed by atoms with Crippen molar-refractivity contribution in [3.05, 3.63) is 23.8 Å². The second-order valence-electron chi connectivity index (χ2n) is 5.12. The molecule has 1 aliphatic rings. The molecule has 9 heteroatoms. The molecule has 0 aromatic heterocycles. The zero-order valence-corrected chi connectivity index (χ0v) is 13.4. The van der Waals surface area contributed by atoms with Crippen LogP contribution in [0.15, 0.2) is 12.1 Å². The molecule has 0 bridgehead atoms. The molecule has 1 aromatic rings. The van der Waals surface area contributed by atoms with E-state index in [1.807, 2.05) is 0 Å². The molecule has 1 fully saturated rings. The van der Waals surface area contributed by atoms with Gasteiger partial charge in [0.1, 0.15) is 5.82 Å². The maximum atomic E-state index is 14.0. The number of halogens is 2. The fourth-order valence-electron chi connectivity index (χ4n) is 2.28. The molecule has 2 rings (SSSR count). The number of hydrogen-bond donors (Lipinski definition) is 1. The monoisotopic (exact) mass is 348 g/mol. The van der Waals surface area contributed by atoms with Crippen LogP contribution in [-0.4, -0.2) is 65.1 Å². The SMILES string of the molecule is C[S@](=O)CCOc1cc(N2CCN(C(=O)O)CC2)c(F)cc1F. The first kappa shape index (κ1) is 17.5. The number of piperazine rings is 1. The number of hydrogen-bond acceptors (Lipinski definition) is 4. The molecule has 0 aliphatic carbocycles. The molecule has 1 N–H and O–H groups in total. The third-order valence-corrected chi connectivity index (χ3v) is 4.26. The Hall–Kier alpha value is -1.90. The van der Waals surface area contributed by atoms with Gasteiger partial charge >= 0.3 is 6.09 Å². The van der Waals surface area contributed by atoms with Crippen molar-refractivity contribution >= 4 is 22.6 Å². The highest BCUT2D eigenvalue weighted by Gasteiger charge is 2.23. The average molecular weight is 348 g/mol. The zero-order valence-electron chi connectivity index (χ0n) is 12.6. The van der Waals surface area contributed by atoms with Gasteiger partial charge in [0.15, 0.2) is 11.6 Å². The van der Waals surface area contributed by atoms with E-state index in [1.54, 1.807) is 4.90 Å². The van der Waals surface area contributed by atoms with Crippen LogP contribution in [0.5, 0.6) is 5.75 Å². The minimum atomic E-state index is -1.06. The molecule has 0 saturated carbocycles. The van der Waals surface area contributed by atoms with Crippen LogP contribution in [0, 0.1) is 11.6 Å². The van der Waals surface area contributed by atoms with Gasteiger partial charge in [0.25, 0.3) is 0 Å². The Morgan fingerprint density at radius 1 is 1.26 bits per heavy atom. The van der Waals surface area contributed by atoms with Gasteiger partial charge in [-0.2, -0.15) is 0 Å². The Morgan fingerprint density at radius 2 is 1.91 bits per heavy atom. The van der Waals surface area contributed by atoms with Gasteiger partial charge in [-0.1, -0.05) is 0 Å². The topological polar surface area (TPSA) is 70.1 Å². The van der Waals surface area contributed by atoms with Crippen molar-refractivity contribution < 1.29 is 27.6 Å². The molecule has 1 amide bonds. The van der Waals surface area contributed by atoms with E-state index in [0.29, 0.717) is 13.1 Å². The quantitative estimate of drug-likeness (QED) is 0.874. The number of carboxylic acid groups (broad SMARTS) is 1. The van der Waals surface area contributed by atoms with Crippen molar-refractivity contribution in [1.82, 2.24) is 4.90 Å². The fourth-order valence-corrected chi connectivity index (χ4v) is 2.60. The number of ether oxygens (including phenoxy) is 1. The fraction of sp³-hybridized carbons (Fsp3) is 0.500. The predicted octanol–water partition coefficient (Wildman–Crippen LogP) is 1.52. The van der Waals surface area contributed by atoms with Crippen molar-refractivity contribution in [3.8, 4) is 5.75 Å². The Bertz CT molecular complexity index is 607. The molecule has 1 aliphatic heterocycles. The van der Waals surface area contributed by atoms with E-state index < -0.39 is 28.5 Å². The first-order chi connectivity index (χ1) is 10.9. The zero-order chi connectivity index (χ0) is 17.0. The molecule has 1 saturated heterocycles. The number of nitrogens with zero attached hydrogens (tertiary/aromatic N) is 2. The van der Waals surface area contributed by atoms with Gasteiger partial charge in [0.05, 0.1) is 18.0 Å². The summed E-state index contributed by atoms with van der Waals surface area (Å²) in [6.07, 6.45) is 0.499. The normalized spacial score (nSPS) is 16.3. The molecule has 0 radical (unpaired) electrons. The third kappa shape index (κ3) is 4.54. The van der Waals surface area contributed by atoms with Crippen LogP contribution in [0.3, 0.4) is 0 Å². The smallest absolute Gasteiger partial charge is 0.407 e. The summed E-state index contributed by atoms with van der Waals surface area (Å²) in [5, 5.41) is 8.91. The molecule has 1 aromatic carbocycles. The van der Waals surface area contributed by atoms with Crippen LogP contribution in [0.2, 0.25) is 0 Å². The summed E-state index contributed by atoms with van der Waals surface area (Å²) in [6, 6.07) is 2.01. The summed E-state index contributed by atoms with van der Waals surface area (Å²) in [6.45, 7) is 1.19. The number of rotatable bonds is 5. The van der Waals surface area contributed by atoms with Crippen molar-refractivity contribution in [2.75, 3.05) is 49.7 Å². The predicted molar refractivity (Wildman–Crippen MR) is 82.6 cm³/mol. The van der Waals surface area contributed by atoms with E-state index in [1.165, 1.54) is 17.2 Å². The third-order valence-electron chi connectivity index (χ3n) is 3.52. The number of benzene rings is 1. The molecule has 23 heavy (non-hydrogen) atoms. The van der Waals surface area contributed by atoms with Crippen LogP contribution >= 0.6 is 0 Å². The van der Waals surface area contributed by atoms with Crippen molar-refractivity contribution in [2.24, 2.45) is 0 Å². The van der Waals surface area contributed by atoms with Crippen molar-refractivity contribution in [1.29, 1.82) is 0 Å². The lowest BCUT2D eigenvalue weighted by Gasteiger charge is -2.34. The minimum absolute atomic E-state index is 0.0674. The Morgan fingerprint density at radius 3 is 2.48 bits per heavy atom. The average Bonchev–Trinajstić information content (AvgIpc) is 2.49. The van der Waals surface area contributed by atoms with Crippen LogP contribution in [-0.2, 0) is 10.8 Å². The maximum absolute atomic E-state index is 14.0. The molecule has 1 atom stereocenters. The minimum Gasteiger partial charge on any atom is -0.489 e. The summed E-state index contributed by atoms with van der Waals surface area (Å²) in [7, 11) is -1.06. The summed E-state index contributed by atoms with van der Waals surface area (Å²) < 4.78 is 44.0. The molecule has 128 valence electrons. The highest BCUT2D eigenvalue weighted by Crippen LogP contribution is 2.29. The van der Waals surface area contributed by atoms with E-state index in [4.69, 9.17) is 9.84 Å². The second-order valence-corrected chi connectivity index (χ2v) is 6.67. The van der Waals surface area contributed by atoms with Gasteiger partial charge in [-0.3, -0.25) is 4.21 Å². The maximum Gasteiger partial charge on any atom is 0.407 e. The number of anilines is 1. The molecule has 0 spiro atoms. The van der Waals surface area contributed by atoms with Gasteiger partial charge in [-0.25, -0.2) is 13.6 Å². The summed E-state index contributed by atoms with van der Waals surface area (Å²) >= 11 is 0. The van der Waals surface area contributed by atoms with E-state index in [-0.39, 0.29) is 36.9 Å². The molecule has 6 nitrogen and oxygen atoms in total. The van der Waals surface area contributed by atoms with Crippen LogP contribution in [0.4, 0.5) is 19.3 Å². The first-order valence-corrected chi connectivity index (χ1v) is 8.76.